The minimum absolute atomic E-state index is 0.0606. The van der Waals surface area contributed by atoms with Gasteiger partial charge in [-0.25, -0.2) is 9.97 Å². The van der Waals surface area contributed by atoms with Crippen LogP contribution in [0.1, 0.15) is 53.5 Å². The molecule has 2 rings (SSSR count). The Bertz CT molecular complexity index is 741. The van der Waals surface area contributed by atoms with E-state index in [0.29, 0.717) is 12.2 Å². The third-order valence-electron chi connectivity index (χ3n) is 3.94. The number of hydrogen-bond donors (Lipinski definition) is 0. The highest BCUT2D eigenvalue weighted by Crippen LogP contribution is 2.26. The number of aryl methyl sites for hydroxylation is 3. The summed E-state index contributed by atoms with van der Waals surface area (Å²) in [5, 5.41) is 9.42. The normalized spacial score (nSPS) is 13.2. The van der Waals surface area contributed by atoms with Crippen molar-refractivity contribution in [2.45, 2.75) is 46.0 Å². The molecule has 0 N–H and O–H groups in total. The molecule has 0 saturated heterocycles. The molecule has 0 bridgehead atoms. The van der Waals surface area contributed by atoms with Crippen LogP contribution in [0, 0.1) is 32.1 Å². The smallest absolute Gasteiger partial charge is 0.164 e. The molecule has 1 aromatic heterocycles. The Morgan fingerprint density at radius 1 is 1.17 bits per heavy atom. The molecule has 0 aliphatic carbocycles. The summed E-state index contributed by atoms with van der Waals surface area (Å²) >= 11 is 0. The van der Waals surface area contributed by atoms with E-state index in [1.807, 2.05) is 58.0 Å². The highest BCUT2D eigenvalue weighted by atomic mass is 16.1. The van der Waals surface area contributed by atoms with Crippen molar-refractivity contribution in [3.63, 3.8) is 0 Å². The molecular formula is C19H21N3O. The molecular weight excluding hydrogens is 286 g/mol. The summed E-state index contributed by atoms with van der Waals surface area (Å²) in [4.78, 5) is 21.1. The number of rotatable bonds is 5. The molecule has 118 valence electrons. The first-order valence-electron chi connectivity index (χ1n) is 7.72. The molecule has 0 radical (unpaired) electrons. The number of carbonyl (C=O) groups excluding carboxylic acids is 1. The molecule has 0 unspecified atom stereocenters. The van der Waals surface area contributed by atoms with Crippen LogP contribution < -0.4 is 0 Å². The van der Waals surface area contributed by atoms with Crippen LogP contribution in [0.4, 0.5) is 0 Å². The van der Waals surface area contributed by atoms with E-state index in [4.69, 9.17) is 0 Å². The van der Waals surface area contributed by atoms with Crippen molar-refractivity contribution in [2.75, 3.05) is 0 Å². The Labute approximate surface area is 137 Å². The number of Topliss-reactive ketones (excluding diaryl/α,β-unsaturated/α-hetero) is 1. The summed E-state index contributed by atoms with van der Waals surface area (Å²) in [5.74, 6) is -0.661. The summed E-state index contributed by atoms with van der Waals surface area (Å²) in [5.41, 5.74) is 3.84. The molecule has 0 aliphatic rings. The first-order chi connectivity index (χ1) is 10.9. The van der Waals surface area contributed by atoms with Gasteiger partial charge in [-0.3, -0.25) is 4.79 Å². The molecule has 0 spiro atoms. The lowest BCUT2D eigenvalue weighted by atomic mass is 9.88. The summed E-state index contributed by atoms with van der Waals surface area (Å²) in [6, 6.07) is 11.9. The first kappa shape index (κ1) is 16.8. The topological polar surface area (TPSA) is 66.6 Å². The van der Waals surface area contributed by atoms with E-state index in [9.17, 15) is 10.1 Å². The largest absolute Gasteiger partial charge is 0.298 e. The van der Waals surface area contributed by atoms with Crippen molar-refractivity contribution >= 4 is 5.78 Å². The highest BCUT2D eigenvalue weighted by Gasteiger charge is 2.25. The van der Waals surface area contributed by atoms with Gasteiger partial charge in [0.2, 0.25) is 0 Å². The number of nitrogens with zero attached hydrogens (tertiary/aromatic N) is 3. The van der Waals surface area contributed by atoms with E-state index in [1.165, 1.54) is 0 Å². The Hall–Kier alpha value is -2.54. The van der Waals surface area contributed by atoms with Crippen molar-refractivity contribution in [3.05, 3.63) is 58.7 Å². The molecule has 0 fully saturated rings. The Balaban J connectivity index is 2.21. The fourth-order valence-electron chi connectivity index (χ4n) is 2.83. The van der Waals surface area contributed by atoms with Crippen LogP contribution >= 0.6 is 0 Å². The van der Waals surface area contributed by atoms with Gasteiger partial charge in [0.05, 0.1) is 6.07 Å². The molecule has 2 atom stereocenters. The van der Waals surface area contributed by atoms with Gasteiger partial charge in [0.25, 0.3) is 0 Å². The van der Waals surface area contributed by atoms with Gasteiger partial charge in [0, 0.05) is 17.8 Å². The van der Waals surface area contributed by atoms with Crippen molar-refractivity contribution in [3.8, 4) is 6.07 Å². The fraction of sp³-hybridized carbons (Fsp3) is 0.368. The lowest BCUT2D eigenvalue weighted by Gasteiger charge is -2.15. The third kappa shape index (κ3) is 4.01. The Morgan fingerprint density at radius 2 is 1.78 bits per heavy atom. The van der Waals surface area contributed by atoms with Crippen LogP contribution in [0.25, 0.3) is 0 Å². The summed E-state index contributed by atoms with van der Waals surface area (Å²) in [6.07, 6.45) is 0.305. The Morgan fingerprint density at radius 3 is 2.35 bits per heavy atom. The predicted molar refractivity (Wildman–Crippen MR) is 89.1 cm³/mol. The average molecular weight is 307 g/mol. The first-order valence-corrected chi connectivity index (χ1v) is 7.72. The van der Waals surface area contributed by atoms with Gasteiger partial charge in [-0.05, 0) is 43.9 Å². The van der Waals surface area contributed by atoms with Crippen molar-refractivity contribution < 1.29 is 4.79 Å². The maximum atomic E-state index is 12.6. The van der Waals surface area contributed by atoms with Gasteiger partial charge in [0.1, 0.15) is 0 Å². The quantitative estimate of drug-likeness (QED) is 0.843. The van der Waals surface area contributed by atoms with Gasteiger partial charge < -0.3 is 0 Å². The number of benzene rings is 1. The van der Waals surface area contributed by atoms with E-state index in [1.54, 1.807) is 0 Å². The number of ketones is 1. The molecule has 4 heteroatoms. The fourth-order valence-corrected chi connectivity index (χ4v) is 2.83. The van der Waals surface area contributed by atoms with Gasteiger partial charge >= 0.3 is 0 Å². The number of nitriles is 1. The van der Waals surface area contributed by atoms with E-state index >= 15 is 0 Å². The van der Waals surface area contributed by atoms with Crippen molar-refractivity contribution in [1.29, 1.82) is 5.26 Å². The zero-order chi connectivity index (χ0) is 17.0. The molecule has 1 aromatic carbocycles. The molecule has 0 aliphatic heterocycles. The van der Waals surface area contributed by atoms with Crippen molar-refractivity contribution in [1.82, 2.24) is 9.97 Å². The second-order valence-corrected chi connectivity index (χ2v) is 6.00. The highest BCUT2D eigenvalue weighted by molar-refractivity contribution is 5.88. The maximum Gasteiger partial charge on any atom is 0.164 e. The van der Waals surface area contributed by atoms with E-state index in [-0.39, 0.29) is 11.7 Å². The van der Waals surface area contributed by atoms with Crippen LogP contribution in [0.15, 0.2) is 30.3 Å². The van der Waals surface area contributed by atoms with E-state index < -0.39 is 5.92 Å². The lowest BCUT2D eigenvalue weighted by Crippen LogP contribution is -2.17. The van der Waals surface area contributed by atoms with Gasteiger partial charge in [-0.1, -0.05) is 31.2 Å². The van der Waals surface area contributed by atoms with E-state index in [0.717, 1.165) is 22.5 Å². The van der Waals surface area contributed by atoms with Crippen molar-refractivity contribution in [2.24, 2.45) is 0 Å². The second kappa shape index (κ2) is 7.15. The molecule has 0 saturated carbocycles. The monoisotopic (exact) mass is 307 g/mol. The van der Waals surface area contributed by atoms with Crippen LogP contribution in [-0.4, -0.2) is 15.8 Å². The zero-order valence-corrected chi connectivity index (χ0v) is 14.0. The van der Waals surface area contributed by atoms with Gasteiger partial charge in [-0.2, -0.15) is 5.26 Å². The van der Waals surface area contributed by atoms with Gasteiger partial charge in [0.15, 0.2) is 17.5 Å². The summed E-state index contributed by atoms with van der Waals surface area (Å²) in [6.45, 7) is 7.72. The third-order valence-corrected chi connectivity index (χ3v) is 3.94. The number of aromatic nitrogens is 2. The summed E-state index contributed by atoms with van der Waals surface area (Å²) in [7, 11) is 0. The molecule has 4 nitrogen and oxygen atoms in total. The molecule has 2 aromatic rings. The van der Waals surface area contributed by atoms with Crippen LogP contribution in [0.5, 0.6) is 0 Å². The number of carbonyl (C=O) groups is 1. The second-order valence-electron chi connectivity index (χ2n) is 6.00. The van der Waals surface area contributed by atoms with Crippen LogP contribution in [0.2, 0.25) is 0 Å². The zero-order valence-electron chi connectivity index (χ0n) is 14.0. The lowest BCUT2D eigenvalue weighted by molar-refractivity contribution is -0.119. The van der Waals surface area contributed by atoms with Crippen LogP contribution in [0.3, 0.4) is 0 Å². The SMILES string of the molecule is Cc1cc(C)nc([C@@H](C#N)C(=O)C[C@H](C)c2ccccc2C)n1. The minimum atomic E-state index is -0.903. The number of hydrogen-bond acceptors (Lipinski definition) is 4. The standard InChI is InChI=1S/C19H21N3O/c1-12-7-5-6-8-16(12)13(2)9-18(23)17(11-20)19-21-14(3)10-15(4)22-19/h5-8,10,13,17H,9H2,1-4H3/t13-,17-/m0/s1. The average Bonchev–Trinajstić information content (AvgIpc) is 2.47. The Kier molecular flexibility index (Phi) is 5.23. The summed E-state index contributed by atoms with van der Waals surface area (Å²) < 4.78 is 0. The van der Waals surface area contributed by atoms with Gasteiger partial charge in [-0.15, -0.1) is 0 Å². The predicted octanol–water partition coefficient (Wildman–Crippen LogP) is 3.77. The minimum Gasteiger partial charge on any atom is -0.298 e. The van der Waals surface area contributed by atoms with Crippen LogP contribution in [-0.2, 0) is 4.79 Å². The van der Waals surface area contributed by atoms with E-state index in [2.05, 4.69) is 16.0 Å². The molecule has 23 heavy (non-hydrogen) atoms. The maximum absolute atomic E-state index is 12.6. The molecule has 0 amide bonds. The molecule has 1 heterocycles.